The van der Waals surface area contributed by atoms with Crippen molar-refractivity contribution in [1.29, 1.82) is 5.26 Å². The largest absolute Gasteiger partial charge is 0.377 e. The summed E-state index contributed by atoms with van der Waals surface area (Å²) in [6, 6.07) is 1.91. The van der Waals surface area contributed by atoms with E-state index < -0.39 is 0 Å². The Hall–Kier alpha value is -1.15. The van der Waals surface area contributed by atoms with Crippen molar-refractivity contribution in [3.8, 4) is 6.07 Å². The molecule has 0 aliphatic rings. The molecule has 0 aliphatic carbocycles. The summed E-state index contributed by atoms with van der Waals surface area (Å²) in [5, 5.41) is 8.30. The summed E-state index contributed by atoms with van der Waals surface area (Å²) in [5.41, 5.74) is 0. The lowest BCUT2D eigenvalue weighted by atomic mass is 10.2. The number of methoxy groups -OCH3 is 2. The molecule has 0 aromatic rings. The quantitative estimate of drug-likeness (QED) is 0.360. The van der Waals surface area contributed by atoms with Gasteiger partial charge in [-0.25, -0.2) is 0 Å². The highest BCUT2D eigenvalue weighted by Crippen LogP contribution is 2.08. The summed E-state index contributed by atoms with van der Waals surface area (Å²) in [6.45, 7) is 2.52. The van der Waals surface area contributed by atoms with Crippen molar-refractivity contribution in [2.45, 2.75) is 25.7 Å². The van der Waals surface area contributed by atoms with E-state index in [0.29, 0.717) is 13.0 Å². The lowest BCUT2D eigenvalue weighted by Gasteiger charge is -2.19. The second-order valence-corrected chi connectivity index (χ2v) is 3.00. The Morgan fingerprint density at radius 2 is 2.00 bits per heavy atom. The molecule has 0 aromatic heterocycles. The Bertz CT molecular complexity index is 255. The van der Waals surface area contributed by atoms with Crippen molar-refractivity contribution in [2.24, 2.45) is 0 Å². The highest BCUT2D eigenvalue weighted by Gasteiger charge is 2.12. The lowest BCUT2D eigenvalue weighted by molar-refractivity contribution is -0.136. The van der Waals surface area contributed by atoms with E-state index in [4.69, 9.17) is 19.5 Å². The van der Waals surface area contributed by atoms with E-state index in [1.807, 2.05) is 19.1 Å². The van der Waals surface area contributed by atoms with Gasteiger partial charge in [0.2, 0.25) is 0 Å². The molecule has 0 N–H and O–H groups in total. The molecule has 0 bridgehead atoms. The first-order valence-electron chi connectivity index (χ1n) is 5.18. The minimum atomic E-state index is -0.264. The SMILES string of the molecule is CCOC(CC(C=CC=CC#N)OC)OC. The van der Waals surface area contributed by atoms with Crippen molar-refractivity contribution in [3.05, 3.63) is 24.3 Å². The average Bonchev–Trinajstić information content (AvgIpc) is 2.31. The van der Waals surface area contributed by atoms with Gasteiger partial charge in [-0.2, -0.15) is 5.26 Å². The van der Waals surface area contributed by atoms with Crippen LogP contribution in [0.5, 0.6) is 0 Å². The molecule has 0 rings (SSSR count). The average molecular weight is 225 g/mol. The van der Waals surface area contributed by atoms with Gasteiger partial charge in [0, 0.05) is 33.3 Å². The molecule has 16 heavy (non-hydrogen) atoms. The molecule has 0 fully saturated rings. The molecule has 4 nitrogen and oxygen atoms in total. The van der Waals surface area contributed by atoms with Crippen LogP contribution < -0.4 is 0 Å². The van der Waals surface area contributed by atoms with Gasteiger partial charge in [-0.1, -0.05) is 18.2 Å². The number of nitriles is 1. The first kappa shape index (κ1) is 14.8. The number of ether oxygens (including phenoxy) is 3. The maximum absolute atomic E-state index is 8.30. The van der Waals surface area contributed by atoms with Gasteiger partial charge in [0.1, 0.15) is 0 Å². The van der Waals surface area contributed by atoms with Crippen LogP contribution in [0.25, 0.3) is 0 Å². The maximum Gasteiger partial charge on any atom is 0.159 e. The number of hydrogen-bond donors (Lipinski definition) is 0. The second kappa shape index (κ2) is 10.4. The highest BCUT2D eigenvalue weighted by molar-refractivity contribution is 5.12. The molecule has 0 saturated heterocycles. The van der Waals surface area contributed by atoms with Crippen LogP contribution in [0, 0.1) is 11.3 Å². The van der Waals surface area contributed by atoms with Gasteiger partial charge < -0.3 is 14.2 Å². The zero-order chi connectivity index (χ0) is 12.2. The van der Waals surface area contributed by atoms with Gasteiger partial charge >= 0.3 is 0 Å². The molecule has 90 valence electrons. The first-order valence-corrected chi connectivity index (χ1v) is 5.18. The van der Waals surface area contributed by atoms with Crippen LogP contribution in [-0.2, 0) is 14.2 Å². The number of nitrogens with zero attached hydrogens (tertiary/aromatic N) is 1. The van der Waals surface area contributed by atoms with E-state index in [1.165, 1.54) is 6.08 Å². The van der Waals surface area contributed by atoms with Gasteiger partial charge in [-0.15, -0.1) is 0 Å². The predicted octanol–water partition coefficient (Wildman–Crippen LogP) is 2.04. The van der Waals surface area contributed by atoms with Crippen molar-refractivity contribution in [3.63, 3.8) is 0 Å². The van der Waals surface area contributed by atoms with Crippen molar-refractivity contribution < 1.29 is 14.2 Å². The third-order valence-corrected chi connectivity index (χ3v) is 1.95. The molecule has 0 spiro atoms. The lowest BCUT2D eigenvalue weighted by Crippen LogP contribution is -2.22. The standard InChI is InChI=1S/C12H19NO3/c1-4-16-12(15-3)10-11(14-2)8-6-5-7-9-13/h5-8,11-12H,4,10H2,1-3H3. The maximum atomic E-state index is 8.30. The number of allylic oxidation sites excluding steroid dienone is 3. The highest BCUT2D eigenvalue weighted by atomic mass is 16.7. The van der Waals surface area contributed by atoms with Crippen molar-refractivity contribution >= 4 is 0 Å². The van der Waals surface area contributed by atoms with Crippen LogP contribution in [0.4, 0.5) is 0 Å². The van der Waals surface area contributed by atoms with Crippen LogP contribution >= 0.6 is 0 Å². The van der Waals surface area contributed by atoms with Crippen molar-refractivity contribution in [2.75, 3.05) is 20.8 Å². The van der Waals surface area contributed by atoms with Crippen molar-refractivity contribution in [1.82, 2.24) is 0 Å². The fourth-order valence-electron chi connectivity index (χ4n) is 1.15. The van der Waals surface area contributed by atoms with Crippen LogP contribution in [0.2, 0.25) is 0 Å². The molecular formula is C12H19NO3. The molecule has 4 heteroatoms. The zero-order valence-corrected chi connectivity index (χ0v) is 10.1. The fraction of sp³-hybridized carbons (Fsp3) is 0.583. The third-order valence-electron chi connectivity index (χ3n) is 1.95. The molecule has 2 atom stereocenters. The Kier molecular flexibility index (Phi) is 9.63. The molecule has 2 unspecified atom stereocenters. The monoisotopic (exact) mass is 225 g/mol. The number of rotatable bonds is 8. The van der Waals surface area contributed by atoms with Gasteiger partial charge in [-0.3, -0.25) is 0 Å². The van der Waals surface area contributed by atoms with Crippen LogP contribution in [0.15, 0.2) is 24.3 Å². The molecule has 0 heterocycles. The van der Waals surface area contributed by atoms with E-state index in [-0.39, 0.29) is 12.4 Å². The first-order chi connectivity index (χ1) is 7.78. The van der Waals surface area contributed by atoms with Gasteiger partial charge in [0.25, 0.3) is 0 Å². The fourth-order valence-corrected chi connectivity index (χ4v) is 1.15. The summed E-state index contributed by atoms with van der Waals surface area (Å²) in [7, 11) is 3.23. The molecule has 0 aromatic carbocycles. The second-order valence-electron chi connectivity index (χ2n) is 3.00. The summed E-state index contributed by atoms with van der Waals surface area (Å²) in [4.78, 5) is 0. The minimum Gasteiger partial charge on any atom is -0.377 e. The van der Waals surface area contributed by atoms with E-state index >= 15 is 0 Å². The normalized spacial score (nSPS) is 15.4. The summed E-state index contributed by atoms with van der Waals surface area (Å²) in [5.74, 6) is 0. The number of hydrogen-bond acceptors (Lipinski definition) is 4. The Balaban J connectivity index is 4.12. The summed E-state index contributed by atoms with van der Waals surface area (Å²) in [6.07, 6.45) is 6.97. The molecule has 0 amide bonds. The Labute approximate surface area is 97.1 Å². The molecule has 0 saturated carbocycles. The smallest absolute Gasteiger partial charge is 0.159 e. The van der Waals surface area contributed by atoms with Crippen LogP contribution in [0.1, 0.15) is 13.3 Å². The van der Waals surface area contributed by atoms with Gasteiger partial charge in [-0.05, 0) is 6.92 Å². The topological polar surface area (TPSA) is 51.5 Å². The Morgan fingerprint density at radius 1 is 1.25 bits per heavy atom. The predicted molar refractivity (Wildman–Crippen MR) is 61.7 cm³/mol. The van der Waals surface area contributed by atoms with E-state index in [9.17, 15) is 0 Å². The minimum absolute atomic E-state index is 0.0835. The van der Waals surface area contributed by atoms with E-state index in [1.54, 1.807) is 26.4 Å². The Morgan fingerprint density at radius 3 is 2.50 bits per heavy atom. The molecular weight excluding hydrogens is 206 g/mol. The zero-order valence-electron chi connectivity index (χ0n) is 10.1. The summed E-state index contributed by atoms with van der Waals surface area (Å²) < 4.78 is 15.7. The van der Waals surface area contributed by atoms with E-state index in [2.05, 4.69) is 0 Å². The molecule has 0 radical (unpaired) electrons. The van der Waals surface area contributed by atoms with Gasteiger partial charge in [0.15, 0.2) is 6.29 Å². The van der Waals surface area contributed by atoms with Gasteiger partial charge in [0.05, 0.1) is 12.2 Å². The van der Waals surface area contributed by atoms with Crippen LogP contribution in [0.3, 0.4) is 0 Å². The molecule has 0 aliphatic heterocycles. The van der Waals surface area contributed by atoms with E-state index in [0.717, 1.165) is 0 Å². The van der Waals surface area contributed by atoms with Crippen LogP contribution in [-0.4, -0.2) is 33.2 Å². The third kappa shape index (κ3) is 7.18. The summed E-state index contributed by atoms with van der Waals surface area (Å²) >= 11 is 0.